The molecule has 0 spiro atoms. The fourth-order valence-corrected chi connectivity index (χ4v) is 3.54. The van der Waals surface area contributed by atoms with Crippen LogP contribution in [0.15, 0.2) is 40.6 Å². The molecular weight excluding hydrogens is 295 g/mol. The average Bonchev–Trinajstić information content (AvgIpc) is 2.72. The van der Waals surface area contributed by atoms with Crippen molar-refractivity contribution in [1.29, 1.82) is 0 Å². The molecule has 0 unspecified atom stereocenters. The lowest BCUT2D eigenvalue weighted by atomic mass is 10.3. The van der Waals surface area contributed by atoms with E-state index < -0.39 is 0 Å². The number of thioether (sulfide) groups is 1. The first kappa shape index (κ1) is 13.0. The number of hydrogen-bond acceptors (Lipinski definition) is 3. The summed E-state index contributed by atoms with van der Waals surface area (Å²) in [6.07, 6.45) is 0. The highest BCUT2D eigenvalue weighted by molar-refractivity contribution is 8.00. The van der Waals surface area contributed by atoms with Crippen molar-refractivity contribution >= 4 is 52.1 Å². The molecule has 0 radical (unpaired) electrons. The van der Waals surface area contributed by atoms with E-state index in [4.69, 9.17) is 23.2 Å². The summed E-state index contributed by atoms with van der Waals surface area (Å²) in [5.41, 5.74) is 0. The van der Waals surface area contributed by atoms with Gasteiger partial charge in [-0.25, -0.2) is 0 Å². The minimum absolute atomic E-state index is 0.0509. The number of ketones is 1. The van der Waals surface area contributed by atoms with Crippen LogP contribution in [0.4, 0.5) is 0 Å². The van der Waals surface area contributed by atoms with E-state index in [1.165, 1.54) is 23.1 Å². The third kappa shape index (κ3) is 3.49. The number of hydrogen-bond donors (Lipinski definition) is 0. The van der Waals surface area contributed by atoms with E-state index in [0.717, 1.165) is 4.90 Å². The summed E-state index contributed by atoms with van der Waals surface area (Å²) in [6.45, 7) is 0. The number of carbonyl (C=O) groups excluding carboxylic acids is 1. The van der Waals surface area contributed by atoms with E-state index in [1.807, 2.05) is 29.6 Å². The molecule has 0 aliphatic heterocycles. The SMILES string of the molecule is O=C(CSc1cccc(Cl)c1)c1sccc1Cl. The first-order chi connectivity index (χ1) is 8.16. The van der Waals surface area contributed by atoms with Gasteiger partial charge in [0.25, 0.3) is 0 Å². The lowest BCUT2D eigenvalue weighted by Gasteiger charge is -2.01. The van der Waals surface area contributed by atoms with Crippen molar-refractivity contribution in [3.63, 3.8) is 0 Å². The van der Waals surface area contributed by atoms with Crippen molar-refractivity contribution in [2.75, 3.05) is 5.75 Å². The van der Waals surface area contributed by atoms with Crippen molar-refractivity contribution in [3.8, 4) is 0 Å². The van der Waals surface area contributed by atoms with Gasteiger partial charge in [-0.05, 0) is 29.6 Å². The molecule has 0 saturated carbocycles. The fraction of sp³-hybridized carbons (Fsp3) is 0.0833. The Hall–Kier alpha value is -0.480. The lowest BCUT2D eigenvalue weighted by molar-refractivity contribution is 0.102. The Balaban J connectivity index is 1.99. The van der Waals surface area contributed by atoms with Gasteiger partial charge in [-0.3, -0.25) is 4.79 Å². The van der Waals surface area contributed by atoms with Crippen LogP contribution in [0.2, 0.25) is 10.0 Å². The van der Waals surface area contributed by atoms with Crippen molar-refractivity contribution in [2.24, 2.45) is 0 Å². The molecule has 88 valence electrons. The average molecular weight is 303 g/mol. The molecule has 0 aliphatic carbocycles. The number of halogens is 2. The molecule has 17 heavy (non-hydrogen) atoms. The van der Waals surface area contributed by atoms with Gasteiger partial charge in [0.15, 0.2) is 5.78 Å². The monoisotopic (exact) mass is 302 g/mol. The molecule has 0 N–H and O–H groups in total. The Labute approximate surface area is 118 Å². The van der Waals surface area contributed by atoms with E-state index in [9.17, 15) is 4.79 Å². The summed E-state index contributed by atoms with van der Waals surface area (Å²) in [7, 11) is 0. The molecule has 1 heterocycles. The van der Waals surface area contributed by atoms with Gasteiger partial charge in [0.2, 0.25) is 0 Å². The van der Waals surface area contributed by atoms with Gasteiger partial charge >= 0.3 is 0 Å². The van der Waals surface area contributed by atoms with Crippen LogP contribution in [-0.2, 0) is 0 Å². The Morgan fingerprint density at radius 1 is 1.29 bits per heavy atom. The third-order valence-electron chi connectivity index (χ3n) is 2.04. The first-order valence-corrected chi connectivity index (χ1v) is 7.43. The summed E-state index contributed by atoms with van der Waals surface area (Å²) in [5, 5.41) is 3.03. The molecule has 2 rings (SSSR count). The van der Waals surface area contributed by atoms with Crippen LogP contribution in [0.1, 0.15) is 9.67 Å². The van der Waals surface area contributed by atoms with Crippen molar-refractivity contribution in [2.45, 2.75) is 4.90 Å². The summed E-state index contributed by atoms with van der Waals surface area (Å²) in [5.74, 6) is 0.426. The minimum atomic E-state index is 0.0509. The van der Waals surface area contributed by atoms with Crippen molar-refractivity contribution in [3.05, 3.63) is 50.6 Å². The van der Waals surface area contributed by atoms with Gasteiger partial charge in [-0.2, -0.15) is 0 Å². The van der Waals surface area contributed by atoms with E-state index in [-0.39, 0.29) is 5.78 Å². The Kier molecular flexibility index (Phi) is 4.51. The van der Waals surface area contributed by atoms with E-state index in [0.29, 0.717) is 20.7 Å². The van der Waals surface area contributed by atoms with Gasteiger partial charge in [-0.1, -0.05) is 29.3 Å². The normalized spacial score (nSPS) is 10.5. The predicted octanol–water partition coefficient (Wildman–Crippen LogP) is 5.03. The molecule has 5 heteroatoms. The molecule has 1 aromatic heterocycles. The van der Waals surface area contributed by atoms with Gasteiger partial charge in [-0.15, -0.1) is 23.1 Å². The van der Waals surface area contributed by atoms with Crippen LogP contribution in [0.25, 0.3) is 0 Å². The second kappa shape index (κ2) is 5.91. The highest BCUT2D eigenvalue weighted by Crippen LogP contribution is 2.26. The first-order valence-electron chi connectivity index (χ1n) is 4.81. The highest BCUT2D eigenvalue weighted by atomic mass is 35.5. The third-order valence-corrected chi connectivity index (χ3v) is 4.65. The second-order valence-corrected chi connectivity index (χ2v) is 6.08. The van der Waals surface area contributed by atoms with Crippen LogP contribution in [0.3, 0.4) is 0 Å². The lowest BCUT2D eigenvalue weighted by Crippen LogP contribution is -1.99. The molecule has 0 amide bonds. The van der Waals surface area contributed by atoms with Gasteiger partial charge in [0, 0.05) is 9.92 Å². The van der Waals surface area contributed by atoms with Crippen LogP contribution in [-0.4, -0.2) is 11.5 Å². The summed E-state index contributed by atoms with van der Waals surface area (Å²) >= 11 is 14.6. The zero-order chi connectivity index (χ0) is 12.3. The number of thiophene rings is 1. The topological polar surface area (TPSA) is 17.1 Å². The standard InChI is InChI=1S/C12H8Cl2OS2/c13-8-2-1-3-9(6-8)17-7-11(15)12-10(14)4-5-16-12/h1-6H,7H2. The maximum atomic E-state index is 11.9. The molecule has 0 aliphatic rings. The Morgan fingerprint density at radius 3 is 2.76 bits per heavy atom. The van der Waals surface area contributed by atoms with Gasteiger partial charge in [0.1, 0.15) is 0 Å². The molecular formula is C12H8Cl2OS2. The van der Waals surface area contributed by atoms with Crippen LogP contribution in [0, 0.1) is 0 Å². The minimum Gasteiger partial charge on any atom is -0.292 e. The second-order valence-electron chi connectivity index (χ2n) is 3.27. The summed E-state index contributed by atoms with van der Waals surface area (Å²) in [6, 6.07) is 9.19. The number of carbonyl (C=O) groups is 1. The number of benzene rings is 1. The van der Waals surface area contributed by atoms with Gasteiger partial charge in [0.05, 0.1) is 15.7 Å². The molecule has 2 aromatic rings. The molecule has 1 aromatic carbocycles. The maximum absolute atomic E-state index is 11.9. The van der Waals surface area contributed by atoms with Gasteiger partial charge < -0.3 is 0 Å². The number of rotatable bonds is 4. The van der Waals surface area contributed by atoms with E-state index in [2.05, 4.69) is 0 Å². The van der Waals surface area contributed by atoms with Crippen molar-refractivity contribution in [1.82, 2.24) is 0 Å². The fourth-order valence-electron chi connectivity index (χ4n) is 1.26. The largest absolute Gasteiger partial charge is 0.292 e. The predicted molar refractivity (Wildman–Crippen MR) is 75.8 cm³/mol. The van der Waals surface area contributed by atoms with Crippen LogP contribution < -0.4 is 0 Å². The smallest absolute Gasteiger partial charge is 0.184 e. The molecule has 0 atom stereocenters. The Bertz CT molecular complexity index is 537. The maximum Gasteiger partial charge on any atom is 0.184 e. The highest BCUT2D eigenvalue weighted by Gasteiger charge is 2.12. The zero-order valence-electron chi connectivity index (χ0n) is 8.65. The molecule has 0 fully saturated rings. The van der Waals surface area contributed by atoms with E-state index in [1.54, 1.807) is 6.07 Å². The Morgan fingerprint density at radius 2 is 2.12 bits per heavy atom. The van der Waals surface area contributed by atoms with E-state index >= 15 is 0 Å². The number of Topliss-reactive ketones (excluding diaryl/α,β-unsaturated/α-hetero) is 1. The molecule has 1 nitrogen and oxygen atoms in total. The van der Waals surface area contributed by atoms with Crippen LogP contribution in [0.5, 0.6) is 0 Å². The zero-order valence-corrected chi connectivity index (χ0v) is 11.8. The van der Waals surface area contributed by atoms with Crippen molar-refractivity contribution < 1.29 is 4.79 Å². The molecule has 0 bridgehead atoms. The van der Waals surface area contributed by atoms with Crippen LogP contribution >= 0.6 is 46.3 Å². The molecule has 0 saturated heterocycles. The summed E-state index contributed by atoms with van der Waals surface area (Å²) < 4.78 is 0. The quantitative estimate of drug-likeness (QED) is 0.582. The summed E-state index contributed by atoms with van der Waals surface area (Å²) in [4.78, 5) is 13.5.